The number of carbonyl (C=O) groups is 2. The Morgan fingerprint density at radius 2 is 1.74 bits per heavy atom. The number of ether oxygens (including phenoxy) is 2. The molecule has 1 amide bonds. The van der Waals surface area contributed by atoms with Crippen LogP contribution in [0.25, 0.3) is 0 Å². The number of carbonyl (C=O) groups excluding carboxylic acids is 2. The molecule has 5 heteroatoms. The van der Waals surface area contributed by atoms with E-state index in [2.05, 4.69) is 5.32 Å². The molecule has 5 nitrogen and oxygen atoms in total. The molecular formula is C18H19NO4. The van der Waals surface area contributed by atoms with E-state index in [1.165, 1.54) is 7.11 Å². The van der Waals surface area contributed by atoms with E-state index in [0.29, 0.717) is 17.9 Å². The average molecular weight is 313 g/mol. The second-order valence-electron chi connectivity index (χ2n) is 5.04. The summed E-state index contributed by atoms with van der Waals surface area (Å²) >= 11 is 0. The monoisotopic (exact) mass is 313 g/mol. The summed E-state index contributed by atoms with van der Waals surface area (Å²) in [7, 11) is 1.47. The lowest BCUT2D eigenvalue weighted by Crippen LogP contribution is -2.28. The van der Waals surface area contributed by atoms with Crippen LogP contribution in [0.4, 0.5) is 0 Å². The Morgan fingerprint density at radius 3 is 2.43 bits per heavy atom. The molecule has 2 aromatic carbocycles. The van der Waals surface area contributed by atoms with Crippen LogP contribution in [-0.2, 0) is 16.1 Å². The zero-order valence-electron chi connectivity index (χ0n) is 13.2. The van der Waals surface area contributed by atoms with Gasteiger partial charge in [-0.15, -0.1) is 0 Å². The molecule has 0 aliphatic rings. The summed E-state index contributed by atoms with van der Waals surface area (Å²) in [5, 5.41) is 2.71. The van der Waals surface area contributed by atoms with Crippen LogP contribution in [0.2, 0.25) is 0 Å². The van der Waals surface area contributed by atoms with Crippen molar-refractivity contribution in [2.45, 2.75) is 13.5 Å². The Morgan fingerprint density at radius 1 is 1.04 bits per heavy atom. The second kappa shape index (κ2) is 7.98. The number of benzene rings is 2. The van der Waals surface area contributed by atoms with Crippen molar-refractivity contribution >= 4 is 11.9 Å². The minimum atomic E-state index is -0.590. The van der Waals surface area contributed by atoms with E-state index in [1.54, 1.807) is 24.3 Å². The topological polar surface area (TPSA) is 64.6 Å². The standard InChI is InChI=1S/C18H19NO4/c1-13-7-9-14(10-8-13)11-19-17(20)12-23-18(21)15-5-3-4-6-16(15)22-2/h3-10H,11-12H2,1-2H3,(H,19,20). The van der Waals surface area contributed by atoms with E-state index in [4.69, 9.17) is 9.47 Å². The number of hydrogen-bond donors (Lipinski definition) is 1. The third kappa shape index (κ3) is 4.85. The van der Waals surface area contributed by atoms with Gasteiger partial charge in [-0.25, -0.2) is 4.79 Å². The molecule has 0 bridgehead atoms. The Balaban J connectivity index is 1.82. The minimum Gasteiger partial charge on any atom is -0.496 e. The van der Waals surface area contributed by atoms with Crippen molar-refractivity contribution in [3.8, 4) is 5.75 Å². The number of rotatable bonds is 6. The van der Waals surface area contributed by atoms with Gasteiger partial charge in [0.15, 0.2) is 6.61 Å². The average Bonchev–Trinajstić information content (AvgIpc) is 2.59. The number of amides is 1. The van der Waals surface area contributed by atoms with Crippen molar-refractivity contribution < 1.29 is 19.1 Å². The summed E-state index contributed by atoms with van der Waals surface area (Å²) in [5.74, 6) is -0.528. The lowest BCUT2D eigenvalue weighted by molar-refractivity contribution is -0.124. The first-order chi connectivity index (χ1) is 11.1. The SMILES string of the molecule is COc1ccccc1C(=O)OCC(=O)NCc1ccc(C)cc1. The van der Waals surface area contributed by atoms with Gasteiger partial charge in [0.25, 0.3) is 5.91 Å². The van der Waals surface area contributed by atoms with Gasteiger partial charge in [-0.1, -0.05) is 42.0 Å². The van der Waals surface area contributed by atoms with Gasteiger partial charge < -0.3 is 14.8 Å². The van der Waals surface area contributed by atoms with Crippen molar-refractivity contribution in [2.24, 2.45) is 0 Å². The Kier molecular flexibility index (Phi) is 5.74. The maximum atomic E-state index is 12.0. The van der Waals surface area contributed by atoms with Crippen molar-refractivity contribution in [3.63, 3.8) is 0 Å². The Labute approximate surface area is 135 Å². The van der Waals surface area contributed by atoms with Gasteiger partial charge in [0.05, 0.1) is 7.11 Å². The molecule has 0 saturated heterocycles. The van der Waals surface area contributed by atoms with Gasteiger partial charge >= 0.3 is 5.97 Å². The smallest absolute Gasteiger partial charge is 0.342 e. The fourth-order valence-electron chi connectivity index (χ4n) is 1.98. The van der Waals surface area contributed by atoms with Crippen LogP contribution in [0.15, 0.2) is 48.5 Å². The van der Waals surface area contributed by atoms with E-state index in [-0.39, 0.29) is 12.5 Å². The molecule has 1 N–H and O–H groups in total. The summed E-state index contributed by atoms with van der Waals surface area (Å²) in [4.78, 5) is 23.7. The van der Waals surface area contributed by atoms with Crippen molar-refractivity contribution in [3.05, 3.63) is 65.2 Å². The number of methoxy groups -OCH3 is 1. The van der Waals surface area contributed by atoms with Crippen LogP contribution < -0.4 is 10.1 Å². The van der Waals surface area contributed by atoms with Crippen molar-refractivity contribution in [1.82, 2.24) is 5.32 Å². The van der Waals surface area contributed by atoms with Gasteiger partial charge in [0, 0.05) is 6.54 Å². The van der Waals surface area contributed by atoms with Crippen LogP contribution in [0.3, 0.4) is 0 Å². The van der Waals surface area contributed by atoms with Crippen LogP contribution in [0.5, 0.6) is 5.75 Å². The molecule has 0 heterocycles. The number of esters is 1. The molecule has 0 atom stereocenters. The lowest BCUT2D eigenvalue weighted by Gasteiger charge is -2.09. The van der Waals surface area contributed by atoms with Gasteiger partial charge in [-0.3, -0.25) is 4.79 Å². The maximum Gasteiger partial charge on any atom is 0.342 e. The molecule has 0 fully saturated rings. The quantitative estimate of drug-likeness (QED) is 0.832. The van der Waals surface area contributed by atoms with Crippen molar-refractivity contribution in [1.29, 1.82) is 0 Å². The molecule has 2 aromatic rings. The van der Waals surface area contributed by atoms with Crippen LogP contribution in [-0.4, -0.2) is 25.6 Å². The van der Waals surface area contributed by atoms with Gasteiger partial charge in [0.1, 0.15) is 11.3 Å². The third-order valence-corrected chi connectivity index (χ3v) is 3.27. The molecule has 0 saturated carbocycles. The van der Waals surface area contributed by atoms with E-state index in [1.807, 2.05) is 31.2 Å². The van der Waals surface area contributed by atoms with E-state index in [9.17, 15) is 9.59 Å². The Hall–Kier alpha value is -2.82. The first-order valence-electron chi connectivity index (χ1n) is 7.22. The highest BCUT2D eigenvalue weighted by atomic mass is 16.5. The highest BCUT2D eigenvalue weighted by Gasteiger charge is 2.14. The first kappa shape index (κ1) is 16.5. The van der Waals surface area contributed by atoms with Gasteiger partial charge in [-0.2, -0.15) is 0 Å². The van der Waals surface area contributed by atoms with E-state index >= 15 is 0 Å². The molecule has 0 aliphatic heterocycles. The van der Waals surface area contributed by atoms with E-state index < -0.39 is 5.97 Å². The highest BCUT2D eigenvalue weighted by Crippen LogP contribution is 2.17. The number of hydrogen-bond acceptors (Lipinski definition) is 4. The molecule has 0 radical (unpaired) electrons. The number of aryl methyl sites for hydroxylation is 1. The summed E-state index contributed by atoms with van der Waals surface area (Å²) in [5.41, 5.74) is 2.44. The summed E-state index contributed by atoms with van der Waals surface area (Å²) in [6, 6.07) is 14.5. The maximum absolute atomic E-state index is 12.0. The summed E-state index contributed by atoms with van der Waals surface area (Å²) in [6.07, 6.45) is 0. The molecular weight excluding hydrogens is 294 g/mol. The molecule has 2 rings (SSSR count). The minimum absolute atomic E-state index is 0.293. The summed E-state index contributed by atoms with van der Waals surface area (Å²) < 4.78 is 10.1. The zero-order chi connectivity index (χ0) is 16.7. The van der Waals surface area contributed by atoms with Crippen molar-refractivity contribution in [2.75, 3.05) is 13.7 Å². The molecule has 0 unspecified atom stereocenters. The third-order valence-electron chi connectivity index (χ3n) is 3.27. The second-order valence-corrected chi connectivity index (χ2v) is 5.04. The molecule has 0 spiro atoms. The largest absolute Gasteiger partial charge is 0.496 e. The van der Waals surface area contributed by atoms with Crippen LogP contribution >= 0.6 is 0 Å². The predicted octanol–water partition coefficient (Wildman–Crippen LogP) is 2.48. The predicted molar refractivity (Wildman–Crippen MR) is 86.3 cm³/mol. The number of nitrogens with one attached hydrogen (secondary N) is 1. The normalized spacial score (nSPS) is 10.0. The Bertz CT molecular complexity index is 680. The van der Waals surface area contributed by atoms with Gasteiger partial charge in [-0.05, 0) is 24.6 Å². The lowest BCUT2D eigenvalue weighted by atomic mass is 10.1. The zero-order valence-corrected chi connectivity index (χ0v) is 13.2. The van der Waals surface area contributed by atoms with Crippen LogP contribution in [0.1, 0.15) is 21.5 Å². The fraction of sp³-hybridized carbons (Fsp3) is 0.222. The molecule has 0 aliphatic carbocycles. The van der Waals surface area contributed by atoms with Crippen LogP contribution in [0, 0.1) is 6.92 Å². The fourth-order valence-corrected chi connectivity index (χ4v) is 1.98. The molecule has 0 aromatic heterocycles. The first-order valence-corrected chi connectivity index (χ1v) is 7.22. The van der Waals surface area contributed by atoms with Gasteiger partial charge in [0.2, 0.25) is 0 Å². The summed E-state index contributed by atoms with van der Waals surface area (Å²) in [6.45, 7) is 2.06. The molecule has 120 valence electrons. The molecule has 23 heavy (non-hydrogen) atoms. The number of para-hydroxylation sites is 1. The van der Waals surface area contributed by atoms with E-state index in [0.717, 1.165) is 11.1 Å². The highest BCUT2D eigenvalue weighted by molar-refractivity contribution is 5.93.